The normalized spacial score (nSPS) is 13.2. The minimum Gasteiger partial charge on any atom is -0.346 e. The van der Waals surface area contributed by atoms with Gasteiger partial charge in [0.05, 0.1) is 5.56 Å². The molecule has 2 aromatic carbocycles. The molecule has 0 amide bonds. The van der Waals surface area contributed by atoms with E-state index in [0.29, 0.717) is 31.1 Å². The maximum atomic E-state index is 13.2. The first-order valence-electron chi connectivity index (χ1n) is 10.4. The predicted molar refractivity (Wildman–Crippen MR) is 115 cm³/mol. The van der Waals surface area contributed by atoms with Crippen molar-refractivity contribution in [3.05, 3.63) is 95.1 Å². The van der Waals surface area contributed by atoms with E-state index in [1.807, 2.05) is 18.3 Å². The number of alkyl halides is 3. The Morgan fingerprint density at radius 1 is 0.871 bits per heavy atom. The molecule has 0 aliphatic rings. The van der Waals surface area contributed by atoms with Crippen LogP contribution in [-0.4, -0.2) is 15.5 Å². The molecule has 1 atom stereocenters. The first-order chi connectivity index (χ1) is 14.6. The summed E-state index contributed by atoms with van der Waals surface area (Å²) in [5, 5.41) is 0. The quantitative estimate of drug-likeness (QED) is 0.358. The third-order valence-corrected chi connectivity index (χ3v) is 5.74. The van der Waals surface area contributed by atoms with Crippen molar-refractivity contribution in [1.29, 1.82) is 0 Å². The summed E-state index contributed by atoms with van der Waals surface area (Å²) < 4.78 is 54.7. The highest BCUT2D eigenvalue weighted by atomic mass is 19.4. The van der Waals surface area contributed by atoms with Crippen molar-refractivity contribution in [3.8, 4) is 0 Å². The average molecular weight is 433 g/mol. The van der Waals surface area contributed by atoms with E-state index in [1.165, 1.54) is 24.3 Å². The third kappa shape index (κ3) is 6.20. The van der Waals surface area contributed by atoms with Crippen LogP contribution in [0.3, 0.4) is 0 Å². The number of aromatic nitrogens is 1. The Labute approximate surface area is 181 Å². The molecule has 0 radical (unpaired) electrons. The van der Waals surface area contributed by atoms with Gasteiger partial charge in [0.2, 0.25) is 0 Å². The van der Waals surface area contributed by atoms with Gasteiger partial charge in [-0.3, -0.25) is 4.90 Å². The second kappa shape index (κ2) is 9.69. The van der Waals surface area contributed by atoms with Crippen LogP contribution < -0.4 is 0 Å². The van der Waals surface area contributed by atoms with Gasteiger partial charge in [0, 0.05) is 37.6 Å². The van der Waals surface area contributed by atoms with Crippen LogP contribution in [0, 0.1) is 11.7 Å². The van der Waals surface area contributed by atoms with Crippen LogP contribution in [0.5, 0.6) is 0 Å². The lowest BCUT2D eigenvalue weighted by molar-refractivity contribution is -0.137. The predicted octanol–water partition coefficient (Wildman–Crippen LogP) is 6.74. The van der Waals surface area contributed by atoms with Crippen molar-refractivity contribution in [2.75, 3.05) is 0 Å². The highest BCUT2D eigenvalue weighted by Gasteiger charge is 2.30. The second-order valence-corrected chi connectivity index (χ2v) is 8.34. The van der Waals surface area contributed by atoms with Crippen LogP contribution in [-0.2, 0) is 25.8 Å². The summed E-state index contributed by atoms with van der Waals surface area (Å²) in [5.41, 5.74) is 2.06. The largest absolute Gasteiger partial charge is 0.416 e. The number of hydrogen-bond acceptors (Lipinski definition) is 1. The van der Waals surface area contributed by atoms with Gasteiger partial charge in [-0.2, -0.15) is 13.2 Å². The Hall–Kier alpha value is -2.60. The number of benzene rings is 2. The molecule has 0 N–H and O–H groups in total. The molecule has 6 heteroatoms. The van der Waals surface area contributed by atoms with Crippen molar-refractivity contribution in [2.45, 2.75) is 52.6 Å². The molecule has 1 heterocycles. The third-order valence-electron chi connectivity index (χ3n) is 5.74. The Bertz CT molecular complexity index is 974. The molecule has 0 aliphatic heterocycles. The lowest BCUT2D eigenvalue weighted by atomic mass is 10.0. The van der Waals surface area contributed by atoms with Gasteiger partial charge in [0.25, 0.3) is 0 Å². The maximum Gasteiger partial charge on any atom is 0.416 e. The molecule has 0 spiro atoms. The summed E-state index contributed by atoms with van der Waals surface area (Å²) in [5.74, 6) is 0.0702. The van der Waals surface area contributed by atoms with E-state index in [0.717, 1.165) is 17.3 Å². The molecular weight excluding hydrogens is 404 g/mol. The minimum absolute atomic E-state index is 0.170. The molecule has 0 saturated carbocycles. The van der Waals surface area contributed by atoms with E-state index in [9.17, 15) is 17.6 Å². The van der Waals surface area contributed by atoms with Crippen molar-refractivity contribution in [3.63, 3.8) is 0 Å². The molecular formula is C25H28F4N2. The molecule has 3 rings (SSSR count). The number of nitrogens with zero attached hydrogens (tertiary/aromatic N) is 2. The van der Waals surface area contributed by atoms with Crippen LogP contribution in [0.2, 0.25) is 0 Å². The van der Waals surface area contributed by atoms with E-state index < -0.39 is 11.7 Å². The molecule has 1 aromatic heterocycles. The molecule has 3 aromatic rings. The van der Waals surface area contributed by atoms with Gasteiger partial charge in [0.1, 0.15) is 5.82 Å². The molecule has 0 fully saturated rings. The van der Waals surface area contributed by atoms with Crippen LogP contribution in [0.4, 0.5) is 17.6 Å². The van der Waals surface area contributed by atoms with E-state index >= 15 is 0 Å². The number of halogens is 4. The molecule has 31 heavy (non-hydrogen) atoms. The molecule has 0 saturated heterocycles. The zero-order valence-electron chi connectivity index (χ0n) is 18.0. The Kier molecular flexibility index (Phi) is 7.21. The van der Waals surface area contributed by atoms with E-state index in [1.54, 1.807) is 18.2 Å². The highest BCUT2D eigenvalue weighted by Crippen LogP contribution is 2.30. The van der Waals surface area contributed by atoms with Crippen molar-refractivity contribution in [2.24, 2.45) is 5.92 Å². The summed E-state index contributed by atoms with van der Waals surface area (Å²) >= 11 is 0. The fourth-order valence-corrected chi connectivity index (χ4v) is 3.59. The van der Waals surface area contributed by atoms with Gasteiger partial charge in [-0.25, -0.2) is 4.39 Å². The molecule has 166 valence electrons. The smallest absolute Gasteiger partial charge is 0.346 e. The van der Waals surface area contributed by atoms with Crippen LogP contribution >= 0.6 is 0 Å². The van der Waals surface area contributed by atoms with E-state index in [-0.39, 0.29) is 11.9 Å². The zero-order chi connectivity index (χ0) is 22.6. The SMILES string of the molecule is CC(C)C(C)N(Cc1cccc(C(F)(F)F)c1)Cc1cccn1Cc1ccc(F)cc1. The standard InChI is InChI=1S/C25H28F4N2/c1-18(2)19(3)31(16-21-6-4-7-22(14-21)25(27,28)29)17-24-8-5-13-30(24)15-20-9-11-23(26)12-10-20/h4-14,18-19H,15-17H2,1-3H3. The summed E-state index contributed by atoms with van der Waals surface area (Å²) in [7, 11) is 0. The molecule has 2 nitrogen and oxygen atoms in total. The molecule has 0 aliphatic carbocycles. The van der Waals surface area contributed by atoms with Crippen LogP contribution in [0.1, 0.15) is 43.2 Å². The lowest BCUT2D eigenvalue weighted by Gasteiger charge is -2.32. The second-order valence-electron chi connectivity index (χ2n) is 8.34. The summed E-state index contributed by atoms with van der Waals surface area (Å²) in [6.07, 6.45) is -2.38. The van der Waals surface area contributed by atoms with Crippen molar-refractivity contribution in [1.82, 2.24) is 9.47 Å². The Morgan fingerprint density at radius 2 is 1.58 bits per heavy atom. The lowest BCUT2D eigenvalue weighted by Crippen LogP contribution is -2.36. The van der Waals surface area contributed by atoms with Gasteiger partial charge < -0.3 is 4.57 Å². The van der Waals surface area contributed by atoms with Gasteiger partial charge in [-0.15, -0.1) is 0 Å². The summed E-state index contributed by atoms with van der Waals surface area (Å²) in [6.45, 7) is 7.96. The summed E-state index contributed by atoms with van der Waals surface area (Å²) in [6, 6.07) is 16.1. The Balaban J connectivity index is 1.81. The molecule has 0 bridgehead atoms. The summed E-state index contributed by atoms with van der Waals surface area (Å²) in [4.78, 5) is 2.21. The van der Waals surface area contributed by atoms with Crippen LogP contribution in [0.25, 0.3) is 0 Å². The monoisotopic (exact) mass is 432 g/mol. The van der Waals surface area contributed by atoms with Crippen molar-refractivity contribution < 1.29 is 17.6 Å². The maximum absolute atomic E-state index is 13.2. The Morgan fingerprint density at radius 3 is 2.23 bits per heavy atom. The topological polar surface area (TPSA) is 8.17 Å². The number of rotatable bonds is 8. The first kappa shape index (κ1) is 23.1. The first-order valence-corrected chi connectivity index (χ1v) is 10.4. The van der Waals surface area contributed by atoms with E-state index in [2.05, 4.69) is 30.2 Å². The minimum atomic E-state index is -4.35. The van der Waals surface area contributed by atoms with Gasteiger partial charge in [-0.1, -0.05) is 44.2 Å². The van der Waals surface area contributed by atoms with Gasteiger partial charge in [-0.05, 0) is 54.3 Å². The fourth-order valence-electron chi connectivity index (χ4n) is 3.59. The van der Waals surface area contributed by atoms with E-state index in [4.69, 9.17) is 0 Å². The fraction of sp³-hybridized carbons (Fsp3) is 0.360. The highest BCUT2D eigenvalue weighted by molar-refractivity contribution is 5.26. The zero-order valence-corrected chi connectivity index (χ0v) is 18.0. The van der Waals surface area contributed by atoms with Crippen molar-refractivity contribution >= 4 is 0 Å². The van der Waals surface area contributed by atoms with Gasteiger partial charge >= 0.3 is 6.18 Å². The number of hydrogen-bond donors (Lipinski definition) is 0. The van der Waals surface area contributed by atoms with Gasteiger partial charge in [0.15, 0.2) is 0 Å². The molecule has 1 unspecified atom stereocenters. The van der Waals surface area contributed by atoms with Crippen LogP contribution in [0.15, 0.2) is 66.9 Å². The average Bonchev–Trinajstić information content (AvgIpc) is 3.14.